The topological polar surface area (TPSA) is 78.0 Å². The molecule has 28 heavy (non-hydrogen) atoms. The molecular weight excluding hydrogens is 445 g/mol. The molecule has 2 aromatic carbocycles. The zero-order chi connectivity index (χ0) is 19.8. The first-order valence-corrected chi connectivity index (χ1v) is 10.0. The molecule has 1 amide bonds. The molecule has 4 aromatic rings. The highest BCUT2D eigenvalue weighted by molar-refractivity contribution is 9.11. The number of phenolic OH excluding ortho intramolecular Hbond substituents is 1. The van der Waals surface area contributed by atoms with Gasteiger partial charge in [-0.3, -0.25) is 4.79 Å². The standard InChI is InChI=1S/C20H15BrFN3O2S/c1-10-18(21)28-20(23-10)19(27)25-17(13-9-12(22)6-7-16(13)26)15-8-11-4-2-3-5-14(11)24-15/h2-9,17,24,26H,1H3,(H,25,27)/t17-/m1/s1. The number of amides is 1. The van der Waals surface area contributed by atoms with Crippen LogP contribution < -0.4 is 5.32 Å². The van der Waals surface area contributed by atoms with Crippen molar-refractivity contribution in [1.29, 1.82) is 0 Å². The number of aromatic nitrogens is 2. The van der Waals surface area contributed by atoms with Crippen molar-refractivity contribution < 1.29 is 14.3 Å². The number of aryl methyl sites for hydroxylation is 1. The van der Waals surface area contributed by atoms with Crippen molar-refractivity contribution in [3.63, 3.8) is 0 Å². The SMILES string of the molecule is Cc1nc(C(=O)N[C@@H](c2cc3ccccc3[nH]2)c2cc(F)ccc2O)sc1Br. The normalized spacial score (nSPS) is 12.2. The molecule has 0 aliphatic carbocycles. The van der Waals surface area contributed by atoms with Crippen molar-refractivity contribution in [2.75, 3.05) is 0 Å². The molecule has 0 aliphatic heterocycles. The fourth-order valence-corrected chi connectivity index (χ4v) is 4.24. The van der Waals surface area contributed by atoms with Crippen LogP contribution in [0.4, 0.5) is 4.39 Å². The highest BCUT2D eigenvalue weighted by atomic mass is 79.9. The smallest absolute Gasteiger partial charge is 0.281 e. The van der Waals surface area contributed by atoms with Gasteiger partial charge >= 0.3 is 0 Å². The van der Waals surface area contributed by atoms with Crippen LogP contribution in [0.5, 0.6) is 5.75 Å². The second-order valence-corrected chi connectivity index (χ2v) is 8.62. The Morgan fingerprint density at radius 2 is 2.07 bits per heavy atom. The number of benzene rings is 2. The summed E-state index contributed by atoms with van der Waals surface area (Å²) in [5.74, 6) is -1.02. The van der Waals surface area contributed by atoms with Gasteiger partial charge in [-0.25, -0.2) is 9.37 Å². The van der Waals surface area contributed by atoms with E-state index in [1.807, 2.05) is 30.3 Å². The number of carbonyl (C=O) groups excluding carboxylic acids is 1. The molecule has 0 saturated heterocycles. The van der Waals surface area contributed by atoms with E-state index in [-0.39, 0.29) is 16.3 Å². The number of nitrogens with zero attached hydrogens (tertiary/aromatic N) is 1. The summed E-state index contributed by atoms with van der Waals surface area (Å²) < 4.78 is 14.7. The highest BCUT2D eigenvalue weighted by Gasteiger charge is 2.25. The Bertz CT molecular complexity index is 1130. The largest absolute Gasteiger partial charge is 0.508 e. The molecule has 1 atom stereocenters. The zero-order valence-electron chi connectivity index (χ0n) is 14.7. The Hall–Kier alpha value is -2.71. The van der Waals surface area contributed by atoms with Gasteiger partial charge in [0.15, 0.2) is 5.01 Å². The van der Waals surface area contributed by atoms with Crippen LogP contribution in [0, 0.1) is 12.7 Å². The summed E-state index contributed by atoms with van der Waals surface area (Å²) in [4.78, 5) is 20.3. The molecule has 8 heteroatoms. The maximum atomic E-state index is 13.9. The van der Waals surface area contributed by atoms with Gasteiger partial charge < -0.3 is 15.4 Å². The fraction of sp³-hybridized carbons (Fsp3) is 0.100. The van der Waals surface area contributed by atoms with Gasteiger partial charge in [-0.05, 0) is 58.6 Å². The lowest BCUT2D eigenvalue weighted by atomic mass is 10.0. The lowest BCUT2D eigenvalue weighted by Gasteiger charge is -2.19. The van der Waals surface area contributed by atoms with Crippen LogP contribution >= 0.6 is 27.3 Å². The number of halogens is 2. The van der Waals surface area contributed by atoms with Gasteiger partial charge in [0, 0.05) is 16.8 Å². The van der Waals surface area contributed by atoms with Gasteiger partial charge in [0.2, 0.25) is 0 Å². The molecule has 2 heterocycles. The third-order valence-electron chi connectivity index (χ3n) is 4.37. The molecule has 0 fully saturated rings. The third kappa shape index (κ3) is 3.53. The minimum atomic E-state index is -0.779. The lowest BCUT2D eigenvalue weighted by molar-refractivity contribution is 0.0941. The van der Waals surface area contributed by atoms with Crippen molar-refractivity contribution in [2.45, 2.75) is 13.0 Å². The van der Waals surface area contributed by atoms with Crippen molar-refractivity contribution in [2.24, 2.45) is 0 Å². The molecule has 0 aliphatic rings. The number of phenols is 1. The van der Waals surface area contributed by atoms with Crippen LogP contribution in [-0.2, 0) is 0 Å². The molecule has 3 N–H and O–H groups in total. The maximum Gasteiger partial charge on any atom is 0.281 e. The van der Waals surface area contributed by atoms with E-state index in [1.54, 1.807) is 6.92 Å². The predicted molar refractivity (Wildman–Crippen MR) is 110 cm³/mol. The predicted octanol–water partition coefficient (Wildman–Crippen LogP) is 5.06. The summed E-state index contributed by atoms with van der Waals surface area (Å²) in [6.45, 7) is 1.80. The van der Waals surface area contributed by atoms with Gasteiger partial charge in [-0.2, -0.15) is 0 Å². The number of fused-ring (bicyclic) bond motifs is 1. The Kier molecular flexibility index (Phi) is 4.91. The highest BCUT2D eigenvalue weighted by Crippen LogP contribution is 2.32. The second-order valence-electron chi connectivity index (χ2n) is 6.30. The maximum absolute atomic E-state index is 13.9. The number of para-hydroxylation sites is 1. The monoisotopic (exact) mass is 459 g/mol. The molecule has 0 radical (unpaired) electrons. The Morgan fingerprint density at radius 1 is 1.29 bits per heavy atom. The molecule has 142 valence electrons. The summed E-state index contributed by atoms with van der Waals surface area (Å²) in [6.07, 6.45) is 0. The molecule has 0 saturated carbocycles. The van der Waals surface area contributed by atoms with Crippen molar-refractivity contribution >= 4 is 44.1 Å². The number of thiazole rings is 1. The van der Waals surface area contributed by atoms with Gasteiger partial charge in [-0.1, -0.05) is 18.2 Å². The molecule has 2 aromatic heterocycles. The summed E-state index contributed by atoms with van der Waals surface area (Å²) in [7, 11) is 0. The van der Waals surface area contributed by atoms with E-state index in [4.69, 9.17) is 0 Å². The molecule has 0 spiro atoms. The Balaban J connectivity index is 1.78. The van der Waals surface area contributed by atoms with E-state index < -0.39 is 17.8 Å². The van der Waals surface area contributed by atoms with Crippen LogP contribution in [0.1, 0.15) is 32.8 Å². The van der Waals surface area contributed by atoms with Gasteiger partial charge in [0.1, 0.15) is 11.6 Å². The number of rotatable bonds is 4. The molecule has 0 bridgehead atoms. The number of aromatic hydroxyl groups is 1. The van der Waals surface area contributed by atoms with E-state index >= 15 is 0 Å². The van der Waals surface area contributed by atoms with Crippen LogP contribution in [0.25, 0.3) is 10.9 Å². The van der Waals surface area contributed by atoms with E-state index in [1.165, 1.54) is 29.5 Å². The van der Waals surface area contributed by atoms with Gasteiger partial charge in [-0.15, -0.1) is 11.3 Å². The van der Waals surface area contributed by atoms with Crippen LogP contribution in [0.2, 0.25) is 0 Å². The summed E-state index contributed by atoms with van der Waals surface area (Å²) in [5.41, 5.74) is 2.47. The van der Waals surface area contributed by atoms with Gasteiger partial charge in [0.05, 0.1) is 15.5 Å². The molecule has 5 nitrogen and oxygen atoms in total. The fourth-order valence-electron chi connectivity index (χ4n) is 3.00. The van der Waals surface area contributed by atoms with Crippen LogP contribution in [0.3, 0.4) is 0 Å². The Morgan fingerprint density at radius 3 is 2.79 bits per heavy atom. The van der Waals surface area contributed by atoms with E-state index in [0.717, 1.165) is 14.7 Å². The van der Waals surface area contributed by atoms with Crippen LogP contribution in [-0.4, -0.2) is 21.0 Å². The Labute approximate surface area is 172 Å². The van der Waals surface area contributed by atoms with E-state index in [9.17, 15) is 14.3 Å². The lowest BCUT2D eigenvalue weighted by Crippen LogP contribution is -2.29. The van der Waals surface area contributed by atoms with Crippen molar-refractivity contribution in [3.8, 4) is 5.75 Å². The first-order valence-electron chi connectivity index (χ1n) is 8.42. The first-order chi connectivity index (χ1) is 13.4. The number of hydrogen-bond acceptors (Lipinski definition) is 4. The summed E-state index contributed by atoms with van der Waals surface area (Å²) >= 11 is 4.58. The molecule has 4 rings (SSSR count). The molecular formula is C20H15BrFN3O2S. The first kappa shape index (κ1) is 18.6. The minimum Gasteiger partial charge on any atom is -0.508 e. The summed E-state index contributed by atoms with van der Waals surface area (Å²) in [5, 5.41) is 14.4. The number of H-pyrrole nitrogens is 1. The van der Waals surface area contributed by atoms with Crippen molar-refractivity contribution in [3.05, 3.63) is 80.1 Å². The van der Waals surface area contributed by atoms with Gasteiger partial charge in [0.25, 0.3) is 5.91 Å². The average molecular weight is 460 g/mol. The minimum absolute atomic E-state index is 0.109. The van der Waals surface area contributed by atoms with Crippen LogP contribution in [0.15, 0.2) is 52.3 Å². The number of nitrogens with one attached hydrogen (secondary N) is 2. The molecule has 0 unspecified atom stereocenters. The number of carbonyl (C=O) groups is 1. The van der Waals surface area contributed by atoms with E-state index in [2.05, 4.69) is 31.2 Å². The average Bonchev–Trinajstić information content (AvgIpc) is 3.25. The number of aromatic amines is 1. The van der Waals surface area contributed by atoms with Crippen molar-refractivity contribution in [1.82, 2.24) is 15.3 Å². The summed E-state index contributed by atoms with van der Waals surface area (Å²) in [6, 6.07) is 12.4. The second kappa shape index (κ2) is 7.37. The quantitative estimate of drug-likeness (QED) is 0.399. The zero-order valence-corrected chi connectivity index (χ0v) is 17.1. The number of hydrogen-bond donors (Lipinski definition) is 3. The van der Waals surface area contributed by atoms with E-state index in [0.29, 0.717) is 11.4 Å². The third-order valence-corrected chi connectivity index (χ3v) is 6.38.